The largest absolute Gasteiger partial charge is 0.360 e. The maximum atomic E-state index is 12.3. The molecule has 0 aliphatic heterocycles. The van der Waals surface area contributed by atoms with E-state index in [1.807, 2.05) is 25.1 Å². The standard InChI is InChI=1S/C16H18N2O2/c1-10-7-8-12(9-11(10)2)17-16(19)15-13-5-3-4-6-14(13)20-18-15/h7-9H,3-6H2,1-2H3,(H,17,19). The highest BCUT2D eigenvalue weighted by molar-refractivity contribution is 6.04. The van der Waals surface area contributed by atoms with Crippen molar-refractivity contribution in [3.8, 4) is 0 Å². The zero-order valence-electron chi connectivity index (χ0n) is 11.8. The molecule has 1 amide bonds. The Morgan fingerprint density at radius 3 is 2.80 bits per heavy atom. The molecule has 2 aromatic rings. The van der Waals surface area contributed by atoms with E-state index in [-0.39, 0.29) is 5.91 Å². The van der Waals surface area contributed by atoms with E-state index in [1.165, 1.54) is 5.56 Å². The van der Waals surface area contributed by atoms with Crippen LogP contribution in [0.5, 0.6) is 0 Å². The number of anilines is 1. The second kappa shape index (κ2) is 5.12. The zero-order chi connectivity index (χ0) is 14.1. The van der Waals surface area contributed by atoms with E-state index in [1.54, 1.807) is 0 Å². The lowest BCUT2D eigenvalue weighted by Gasteiger charge is -2.10. The molecule has 1 aliphatic carbocycles. The van der Waals surface area contributed by atoms with Gasteiger partial charge in [0, 0.05) is 17.7 Å². The first-order valence-corrected chi connectivity index (χ1v) is 7.01. The van der Waals surface area contributed by atoms with Crippen LogP contribution < -0.4 is 5.32 Å². The Labute approximate surface area is 118 Å². The first kappa shape index (κ1) is 12.9. The van der Waals surface area contributed by atoms with E-state index in [4.69, 9.17) is 4.52 Å². The minimum Gasteiger partial charge on any atom is -0.360 e. The minimum absolute atomic E-state index is 0.180. The van der Waals surface area contributed by atoms with Gasteiger partial charge in [-0.05, 0) is 56.4 Å². The van der Waals surface area contributed by atoms with E-state index in [0.717, 1.165) is 48.3 Å². The van der Waals surface area contributed by atoms with Crippen LogP contribution in [-0.2, 0) is 12.8 Å². The minimum atomic E-state index is -0.180. The van der Waals surface area contributed by atoms with Crippen LogP contribution in [0.3, 0.4) is 0 Å². The van der Waals surface area contributed by atoms with Gasteiger partial charge < -0.3 is 9.84 Å². The van der Waals surface area contributed by atoms with Gasteiger partial charge in [0.05, 0.1) is 0 Å². The molecule has 1 aliphatic rings. The number of nitrogens with one attached hydrogen (secondary N) is 1. The molecule has 1 aromatic heterocycles. The van der Waals surface area contributed by atoms with Crippen molar-refractivity contribution in [3.63, 3.8) is 0 Å². The van der Waals surface area contributed by atoms with Crippen LogP contribution in [0.25, 0.3) is 0 Å². The lowest BCUT2D eigenvalue weighted by atomic mass is 9.96. The fourth-order valence-corrected chi connectivity index (χ4v) is 2.57. The summed E-state index contributed by atoms with van der Waals surface area (Å²) < 4.78 is 5.28. The van der Waals surface area contributed by atoms with Crippen molar-refractivity contribution >= 4 is 11.6 Å². The summed E-state index contributed by atoms with van der Waals surface area (Å²) in [7, 11) is 0. The van der Waals surface area contributed by atoms with Gasteiger partial charge in [-0.3, -0.25) is 4.79 Å². The summed E-state index contributed by atoms with van der Waals surface area (Å²) in [6.07, 6.45) is 3.98. The topological polar surface area (TPSA) is 55.1 Å². The molecule has 0 fully saturated rings. The summed E-state index contributed by atoms with van der Waals surface area (Å²) in [5.74, 6) is 0.696. The molecule has 104 valence electrons. The van der Waals surface area contributed by atoms with Crippen LogP contribution in [-0.4, -0.2) is 11.1 Å². The van der Waals surface area contributed by atoms with Gasteiger partial charge in [0.1, 0.15) is 5.76 Å². The molecule has 0 spiro atoms. The van der Waals surface area contributed by atoms with Crippen molar-refractivity contribution in [2.24, 2.45) is 0 Å². The molecule has 1 aromatic carbocycles. The third kappa shape index (κ3) is 2.33. The summed E-state index contributed by atoms with van der Waals surface area (Å²) in [4.78, 5) is 12.3. The van der Waals surface area contributed by atoms with Crippen LogP contribution in [0.2, 0.25) is 0 Å². The number of rotatable bonds is 2. The van der Waals surface area contributed by atoms with Gasteiger partial charge in [-0.15, -0.1) is 0 Å². The maximum Gasteiger partial charge on any atom is 0.278 e. The number of carbonyl (C=O) groups is 1. The number of nitrogens with zero attached hydrogens (tertiary/aromatic N) is 1. The highest BCUT2D eigenvalue weighted by Gasteiger charge is 2.23. The molecule has 1 heterocycles. The van der Waals surface area contributed by atoms with Crippen molar-refractivity contribution in [3.05, 3.63) is 46.3 Å². The number of carbonyl (C=O) groups excluding carboxylic acids is 1. The fourth-order valence-electron chi connectivity index (χ4n) is 2.57. The predicted octanol–water partition coefficient (Wildman–Crippen LogP) is 3.42. The number of amides is 1. The lowest BCUT2D eigenvalue weighted by Crippen LogP contribution is -2.15. The SMILES string of the molecule is Cc1ccc(NC(=O)c2noc3c2CCCC3)cc1C. The summed E-state index contributed by atoms with van der Waals surface area (Å²) in [6.45, 7) is 4.08. The number of hydrogen-bond acceptors (Lipinski definition) is 3. The molecule has 0 saturated heterocycles. The molecule has 3 rings (SSSR count). The second-order valence-corrected chi connectivity index (χ2v) is 5.39. The average Bonchev–Trinajstić information content (AvgIpc) is 2.87. The normalized spacial score (nSPS) is 13.9. The van der Waals surface area contributed by atoms with Crippen molar-refractivity contribution in [1.82, 2.24) is 5.16 Å². The van der Waals surface area contributed by atoms with Crippen molar-refractivity contribution in [2.45, 2.75) is 39.5 Å². The molecular formula is C16H18N2O2. The van der Waals surface area contributed by atoms with Crippen LogP contribution in [0, 0.1) is 13.8 Å². The van der Waals surface area contributed by atoms with E-state index in [2.05, 4.69) is 17.4 Å². The molecule has 0 saturated carbocycles. The third-order valence-corrected chi connectivity index (χ3v) is 3.93. The van der Waals surface area contributed by atoms with Gasteiger partial charge in [-0.2, -0.15) is 0 Å². The fraction of sp³-hybridized carbons (Fsp3) is 0.375. The molecule has 0 unspecified atom stereocenters. The Morgan fingerprint density at radius 2 is 2.00 bits per heavy atom. The Balaban J connectivity index is 1.82. The molecular weight excluding hydrogens is 252 g/mol. The Morgan fingerprint density at radius 1 is 1.20 bits per heavy atom. The van der Waals surface area contributed by atoms with E-state index in [9.17, 15) is 4.79 Å². The highest BCUT2D eigenvalue weighted by atomic mass is 16.5. The second-order valence-electron chi connectivity index (χ2n) is 5.39. The van der Waals surface area contributed by atoms with Crippen molar-refractivity contribution < 1.29 is 9.32 Å². The van der Waals surface area contributed by atoms with Gasteiger partial charge in [-0.25, -0.2) is 0 Å². The molecule has 4 heteroatoms. The number of fused-ring (bicyclic) bond motifs is 1. The van der Waals surface area contributed by atoms with Crippen LogP contribution in [0.4, 0.5) is 5.69 Å². The molecule has 1 N–H and O–H groups in total. The number of hydrogen-bond donors (Lipinski definition) is 1. The van der Waals surface area contributed by atoms with E-state index < -0.39 is 0 Å². The summed E-state index contributed by atoms with van der Waals surface area (Å²) >= 11 is 0. The van der Waals surface area contributed by atoms with E-state index in [0.29, 0.717) is 5.69 Å². The Bertz CT molecular complexity index is 658. The first-order valence-electron chi connectivity index (χ1n) is 7.01. The van der Waals surface area contributed by atoms with Crippen molar-refractivity contribution in [2.75, 3.05) is 5.32 Å². The Hall–Kier alpha value is -2.10. The molecule has 0 atom stereocenters. The van der Waals surface area contributed by atoms with Crippen LogP contribution in [0.15, 0.2) is 22.7 Å². The molecule has 0 bridgehead atoms. The van der Waals surface area contributed by atoms with Crippen LogP contribution in [0.1, 0.15) is 45.8 Å². The van der Waals surface area contributed by atoms with Crippen molar-refractivity contribution in [1.29, 1.82) is 0 Å². The molecule has 20 heavy (non-hydrogen) atoms. The highest BCUT2D eigenvalue weighted by Crippen LogP contribution is 2.25. The smallest absolute Gasteiger partial charge is 0.278 e. The molecule has 0 radical (unpaired) electrons. The van der Waals surface area contributed by atoms with Gasteiger partial charge in [-0.1, -0.05) is 11.2 Å². The number of benzene rings is 1. The van der Waals surface area contributed by atoms with Gasteiger partial charge >= 0.3 is 0 Å². The molecule has 4 nitrogen and oxygen atoms in total. The first-order chi connectivity index (χ1) is 9.65. The summed E-state index contributed by atoms with van der Waals surface area (Å²) in [6, 6.07) is 5.88. The Kier molecular flexibility index (Phi) is 3.30. The zero-order valence-corrected chi connectivity index (χ0v) is 11.8. The van der Waals surface area contributed by atoms with Gasteiger partial charge in [0.2, 0.25) is 0 Å². The number of aromatic nitrogens is 1. The monoisotopic (exact) mass is 270 g/mol. The van der Waals surface area contributed by atoms with Crippen LogP contribution >= 0.6 is 0 Å². The lowest BCUT2D eigenvalue weighted by molar-refractivity contribution is 0.101. The van der Waals surface area contributed by atoms with E-state index >= 15 is 0 Å². The average molecular weight is 270 g/mol. The predicted molar refractivity (Wildman–Crippen MR) is 77.0 cm³/mol. The maximum absolute atomic E-state index is 12.3. The third-order valence-electron chi connectivity index (χ3n) is 3.93. The van der Waals surface area contributed by atoms with Gasteiger partial charge in [0.15, 0.2) is 5.69 Å². The number of aryl methyl sites for hydroxylation is 3. The summed E-state index contributed by atoms with van der Waals surface area (Å²) in [5, 5.41) is 6.85. The summed E-state index contributed by atoms with van der Waals surface area (Å²) in [5.41, 5.74) is 4.59. The van der Waals surface area contributed by atoms with Gasteiger partial charge in [0.25, 0.3) is 5.91 Å². The quantitative estimate of drug-likeness (QED) is 0.909.